The van der Waals surface area contributed by atoms with E-state index in [0.717, 1.165) is 12.8 Å². The van der Waals surface area contributed by atoms with Gasteiger partial charge in [-0.15, -0.1) is 0 Å². The maximum absolute atomic E-state index is 12.7. The summed E-state index contributed by atoms with van der Waals surface area (Å²) in [7, 11) is 0. The first-order valence-corrected chi connectivity index (χ1v) is 6.27. The number of alkyl halides is 6. The zero-order chi connectivity index (χ0) is 15.8. The number of hydrogen-bond donors (Lipinski definition) is 2. The van der Waals surface area contributed by atoms with Crippen molar-refractivity contribution in [2.24, 2.45) is 0 Å². The van der Waals surface area contributed by atoms with Crippen LogP contribution in [-0.2, 0) is 12.4 Å². The highest BCUT2D eigenvalue weighted by Crippen LogP contribution is 2.37. The molecule has 0 amide bonds. The average molecular weight is 313 g/mol. The first kappa shape index (κ1) is 16.1. The highest BCUT2D eigenvalue weighted by atomic mass is 19.4. The Kier molecular flexibility index (Phi) is 4.21. The average Bonchev–Trinajstić information content (AvgIpc) is 3.17. The Labute approximate surface area is 116 Å². The molecular formula is C13H13F6NO. The lowest BCUT2D eigenvalue weighted by Crippen LogP contribution is -2.27. The highest BCUT2D eigenvalue weighted by Gasteiger charge is 2.38. The second-order valence-electron chi connectivity index (χ2n) is 5.02. The van der Waals surface area contributed by atoms with Gasteiger partial charge >= 0.3 is 12.4 Å². The molecule has 0 aromatic heterocycles. The van der Waals surface area contributed by atoms with Gasteiger partial charge in [0.1, 0.15) is 0 Å². The summed E-state index contributed by atoms with van der Waals surface area (Å²) in [6.07, 6.45) is -8.17. The van der Waals surface area contributed by atoms with E-state index in [1.807, 2.05) is 0 Å². The van der Waals surface area contributed by atoms with Crippen molar-refractivity contribution in [3.05, 3.63) is 34.9 Å². The molecule has 0 radical (unpaired) electrons. The fourth-order valence-electron chi connectivity index (χ4n) is 1.97. The Morgan fingerprint density at radius 1 is 1.00 bits per heavy atom. The number of aliphatic hydroxyl groups is 1. The van der Waals surface area contributed by atoms with Crippen LogP contribution in [-0.4, -0.2) is 17.8 Å². The molecule has 2 nitrogen and oxygen atoms in total. The van der Waals surface area contributed by atoms with E-state index in [9.17, 15) is 31.4 Å². The standard InChI is InChI=1S/C13H13F6NO/c14-12(15,16)8-3-7(4-9(5-8)13(17,18)19)11(6-21)20-10-1-2-10/h3-5,10-11,20-21H,1-2,6H2. The third kappa shape index (κ3) is 4.10. The molecule has 1 aliphatic rings. The summed E-state index contributed by atoms with van der Waals surface area (Å²) < 4.78 is 76.4. The Hall–Kier alpha value is -1.28. The molecule has 0 saturated heterocycles. The molecule has 1 atom stereocenters. The molecule has 0 bridgehead atoms. The van der Waals surface area contributed by atoms with Crippen molar-refractivity contribution in [2.45, 2.75) is 37.3 Å². The number of nitrogens with one attached hydrogen (secondary N) is 1. The molecule has 1 aromatic carbocycles. The lowest BCUT2D eigenvalue weighted by atomic mass is 9.99. The molecule has 118 valence electrons. The molecule has 1 aromatic rings. The van der Waals surface area contributed by atoms with E-state index < -0.39 is 36.1 Å². The highest BCUT2D eigenvalue weighted by molar-refractivity contribution is 5.35. The summed E-state index contributed by atoms with van der Waals surface area (Å²) in [4.78, 5) is 0. The summed E-state index contributed by atoms with van der Waals surface area (Å²) >= 11 is 0. The molecule has 2 N–H and O–H groups in total. The largest absolute Gasteiger partial charge is 0.416 e. The van der Waals surface area contributed by atoms with E-state index in [2.05, 4.69) is 5.32 Å². The quantitative estimate of drug-likeness (QED) is 0.834. The molecular weight excluding hydrogens is 300 g/mol. The third-order valence-corrected chi connectivity index (χ3v) is 3.21. The van der Waals surface area contributed by atoms with Gasteiger partial charge in [-0.25, -0.2) is 0 Å². The fourth-order valence-corrected chi connectivity index (χ4v) is 1.97. The summed E-state index contributed by atoms with van der Waals surface area (Å²) in [5.74, 6) is 0. The molecule has 1 saturated carbocycles. The Balaban J connectivity index is 2.42. The van der Waals surface area contributed by atoms with Gasteiger partial charge in [0.05, 0.1) is 23.8 Å². The number of halogens is 6. The van der Waals surface area contributed by atoms with Gasteiger partial charge in [-0.05, 0) is 36.6 Å². The van der Waals surface area contributed by atoms with Crippen LogP contribution in [0.2, 0.25) is 0 Å². The van der Waals surface area contributed by atoms with Gasteiger partial charge in [0, 0.05) is 6.04 Å². The van der Waals surface area contributed by atoms with Crippen LogP contribution >= 0.6 is 0 Å². The van der Waals surface area contributed by atoms with Gasteiger partial charge in [-0.3, -0.25) is 0 Å². The molecule has 0 heterocycles. The monoisotopic (exact) mass is 313 g/mol. The first-order valence-electron chi connectivity index (χ1n) is 6.27. The lowest BCUT2D eigenvalue weighted by molar-refractivity contribution is -0.143. The van der Waals surface area contributed by atoms with E-state index in [1.54, 1.807) is 0 Å². The smallest absolute Gasteiger partial charge is 0.394 e. The van der Waals surface area contributed by atoms with Gasteiger partial charge in [0.15, 0.2) is 0 Å². The van der Waals surface area contributed by atoms with Crippen LogP contribution in [0.5, 0.6) is 0 Å². The van der Waals surface area contributed by atoms with Crippen LogP contribution in [0.15, 0.2) is 18.2 Å². The maximum atomic E-state index is 12.7. The Bertz CT molecular complexity index is 474. The molecule has 21 heavy (non-hydrogen) atoms. The van der Waals surface area contributed by atoms with E-state index in [4.69, 9.17) is 0 Å². The van der Waals surface area contributed by atoms with E-state index in [-0.39, 0.29) is 17.7 Å². The van der Waals surface area contributed by atoms with E-state index in [1.165, 1.54) is 0 Å². The third-order valence-electron chi connectivity index (χ3n) is 3.21. The second kappa shape index (κ2) is 5.49. The van der Waals surface area contributed by atoms with Crippen LogP contribution in [0.3, 0.4) is 0 Å². The molecule has 0 aliphatic heterocycles. The Morgan fingerprint density at radius 2 is 1.48 bits per heavy atom. The van der Waals surface area contributed by atoms with Gasteiger partial charge in [-0.1, -0.05) is 0 Å². The topological polar surface area (TPSA) is 32.3 Å². The van der Waals surface area contributed by atoms with Crippen LogP contribution in [0, 0.1) is 0 Å². The van der Waals surface area contributed by atoms with Crippen LogP contribution < -0.4 is 5.32 Å². The maximum Gasteiger partial charge on any atom is 0.416 e. The molecule has 8 heteroatoms. The number of rotatable bonds is 4. The summed E-state index contributed by atoms with van der Waals surface area (Å²) in [6.45, 7) is -0.574. The van der Waals surface area contributed by atoms with Crippen molar-refractivity contribution >= 4 is 0 Å². The number of aliphatic hydroxyl groups excluding tert-OH is 1. The van der Waals surface area contributed by atoms with Crippen molar-refractivity contribution in [3.63, 3.8) is 0 Å². The minimum Gasteiger partial charge on any atom is -0.394 e. The minimum absolute atomic E-state index is 0.0334. The second-order valence-corrected chi connectivity index (χ2v) is 5.02. The van der Waals surface area contributed by atoms with Crippen molar-refractivity contribution in [3.8, 4) is 0 Å². The van der Waals surface area contributed by atoms with Gasteiger partial charge in [0.2, 0.25) is 0 Å². The Morgan fingerprint density at radius 3 is 1.81 bits per heavy atom. The number of hydrogen-bond acceptors (Lipinski definition) is 2. The summed E-state index contributed by atoms with van der Waals surface area (Å²) in [5.41, 5.74) is -2.96. The first-order chi connectivity index (χ1) is 9.61. The molecule has 1 unspecified atom stereocenters. The lowest BCUT2D eigenvalue weighted by Gasteiger charge is -2.20. The van der Waals surface area contributed by atoms with Crippen molar-refractivity contribution in [1.82, 2.24) is 5.32 Å². The predicted octanol–water partition coefficient (Wildman–Crippen LogP) is 3.51. The van der Waals surface area contributed by atoms with Crippen molar-refractivity contribution < 1.29 is 31.4 Å². The fraction of sp³-hybridized carbons (Fsp3) is 0.538. The summed E-state index contributed by atoms with van der Waals surface area (Å²) in [5, 5.41) is 12.0. The molecule has 1 fully saturated rings. The normalized spacial score (nSPS) is 17.9. The number of benzene rings is 1. The van der Waals surface area contributed by atoms with Gasteiger partial charge in [-0.2, -0.15) is 26.3 Å². The zero-order valence-corrected chi connectivity index (χ0v) is 10.7. The SMILES string of the molecule is OCC(NC1CC1)c1cc(C(F)(F)F)cc(C(F)(F)F)c1. The van der Waals surface area contributed by atoms with E-state index >= 15 is 0 Å². The predicted molar refractivity (Wildman–Crippen MR) is 62.4 cm³/mol. The zero-order valence-electron chi connectivity index (χ0n) is 10.7. The van der Waals surface area contributed by atoms with E-state index in [0.29, 0.717) is 12.1 Å². The van der Waals surface area contributed by atoms with Gasteiger partial charge in [0.25, 0.3) is 0 Å². The molecule has 0 spiro atoms. The minimum atomic E-state index is -4.88. The summed E-state index contributed by atoms with van der Waals surface area (Å²) in [6, 6.07) is 0.457. The van der Waals surface area contributed by atoms with Crippen LogP contribution in [0.4, 0.5) is 26.3 Å². The molecule has 1 aliphatic carbocycles. The van der Waals surface area contributed by atoms with Crippen molar-refractivity contribution in [1.29, 1.82) is 0 Å². The van der Waals surface area contributed by atoms with Crippen LogP contribution in [0.25, 0.3) is 0 Å². The molecule has 2 rings (SSSR count). The van der Waals surface area contributed by atoms with Crippen molar-refractivity contribution in [2.75, 3.05) is 6.61 Å². The van der Waals surface area contributed by atoms with Gasteiger partial charge < -0.3 is 10.4 Å². The van der Waals surface area contributed by atoms with Crippen LogP contribution in [0.1, 0.15) is 35.6 Å².